The SMILES string of the molecule is CCc1nsc(N(C)CCC2CC2)n1. The predicted molar refractivity (Wildman–Crippen MR) is 59.9 cm³/mol. The van der Waals surface area contributed by atoms with Crippen LogP contribution < -0.4 is 4.90 Å². The molecule has 0 radical (unpaired) electrons. The molecule has 0 aliphatic heterocycles. The number of anilines is 1. The molecule has 1 fully saturated rings. The van der Waals surface area contributed by atoms with Gasteiger partial charge in [0.1, 0.15) is 5.82 Å². The van der Waals surface area contributed by atoms with Gasteiger partial charge < -0.3 is 4.90 Å². The molecule has 0 saturated heterocycles. The Morgan fingerprint density at radius 3 is 2.86 bits per heavy atom. The third-order valence-electron chi connectivity index (χ3n) is 2.67. The molecule has 3 nitrogen and oxygen atoms in total. The Kier molecular flexibility index (Phi) is 3.01. The molecule has 1 saturated carbocycles. The fourth-order valence-corrected chi connectivity index (χ4v) is 2.16. The molecule has 78 valence electrons. The maximum absolute atomic E-state index is 4.46. The molecule has 1 aliphatic rings. The lowest BCUT2D eigenvalue weighted by Gasteiger charge is -2.14. The van der Waals surface area contributed by atoms with Crippen LogP contribution in [0.1, 0.15) is 32.0 Å². The maximum atomic E-state index is 4.46. The van der Waals surface area contributed by atoms with Crippen LogP contribution in [0.2, 0.25) is 0 Å². The zero-order chi connectivity index (χ0) is 9.97. The van der Waals surface area contributed by atoms with Gasteiger partial charge in [0.25, 0.3) is 0 Å². The molecular weight excluding hydrogens is 194 g/mol. The fourth-order valence-electron chi connectivity index (χ4n) is 1.42. The van der Waals surface area contributed by atoms with E-state index in [2.05, 4.69) is 28.2 Å². The first-order chi connectivity index (χ1) is 6.79. The Labute approximate surface area is 89.3 Å². The second kappa shape index (κ2) is 4.26. The zero-order valence-corrected chi connectivity index (χ0v) is 9.68. The number of aromatic nitrogens is 2. The highest BCUT2D eigenvalue weighted by molar-refractivity contribution is 7.09. The summed E-state index contributed by atoms with van der Waals surface area (Å²) in [5.41, 5.74) is 0. The lowest BCUT2D eigenvalue weighted by Crippen LogP contribution is -2.18. The summed E-state index contributed by atoms with van der Waals surface area (Å²) in [5.74, 6) is 1.97. The highest BCUT2D eigenvalue weighted by Gasteiger charge is 2.21. The zero-order valence-electron chi connectivity index (χ0n) is 8.86. The number of nitrogens with zero attached hydrogens (tertiary/aromatic N) is 3. The van der Waals surface area contributed by atoms with Crippen molar-refractivity contribution in [3.05, 3.63) is 5.82 Å². The van der Waals surface area contributed by atoms with Crippen molar-refractivity contribution in [2.75, 3.05) is 18.5 Å². The molecule has 0 N–H and O–H groups in total. The molecule has 1 aromatic heterocycles. The normalized spacial score (nSPS) is 15.9. The van der Waals surface area contributed by atoms with E-state index in [0.717, 1.165) is 29.8 Å². The van der Waals surface area contributed by atoms with Crippen molar-refractivity contribution in [2.24, 2.45) is 5.92 Å². The third kappa shape index (κ3) is 2.44. The minimum Gasteiger partial charge on any atom is -0.350 e. The Hall–Kier alpha value is -0.640. The van der Waals surface area contributed by atoms with Crippen molar-refractivity contribution in [2.45, 2.75) is 32.6 Å². The lowest BCUT2D eigenvalue weighted by atomic mass is 10.3. The first kappa shape index (κ1) is 9.90. The fraction of sp³-hybridized carbons (Fsp3) is 0.800. The van der Waals surface area contributed by atoms with Crippen LogP contribution in [0.3, 0.4) is 0 Å². The average molecular weight is 211 g/mol. The molecule has 2 rings (SSSR count). The summed E-state index contributed by atoms with van der Waals surface area (Å²) in [6.45, 7) is 3.22. The summed E-state index contributed by atoms with van der Waals surface area (Å²) in [6.07, 6.45) is 5.12. The summed E-state index contributed by atoms with van der Waals surface area (Å²) in [6, 6.07) is 0. The Morgan fingerprint density at radius 1 is 1.50 bits per heavy atom. The minimum absolute atomic E-state index is 0.937. The van der Waals surface area contributed by atoms with E-state index < -0.39 is 0 Å². The predicted octanol–water partition coefficient (Wildman–Crippen LogP) is 2.34. The molecule has 0 unspecified atom stereocenters. The standard InChI is InChI=1S/C10H17N3S/c1-3-9-11-10(14-12-9)13(2)7-6-8-4-5-8/h8H,3-7H2,1-2H3. The number of hydrogen-bond donors (Lipinski definition) is 0. The van der Waals surface area contributed by atoms with E-state index in [4.69, 9.17) is 0 Å². The van der Waals surface area contributed by atoms with Gasteiger partial charge in [0.15, 0.2) is 0 Å². The number of rotatable bonds is 5. The topological polar surface area (TPSA) is 29.0 Å². The molecular formula is C10H17N3S. The second-order valence-electron chi connectivity index (χ2n) is 4.00. The van der Waals surface area contributed by atoms with Crippen molar-refractivity contribution in [1.82, 2.24) is 9.36 Å². The summed E-state index contributed by atoms with van der Waals surface area (Å²) in [7, 11) is 2.11. The van der Waals surface area contributed by atoms with E-state index in [1.807, 2.05) is 0 Å². The molecule has 0 atom stereocenters. The second-order valence-corrected chi connectivity index (χ2v) is 4.73. The summed E-state index contributed by atoms with van der Waals surface area (Å²) in [4.78, 5) is 6.69. The van der Waals surface area contributed by atoms with Crippen LogP contribution in [0.5, 0.6) is 0 Å². The van der Waals surface area contributed by atoms with Gasteiger partial charge in [0.05, 0.1) is 0 Å². The number of aryl methyl sites for hydroxylation is 1. The number of hydrogen-bond acceptors (Lipinski definition) is 4. The van der Waals surface area contributed by atoms with Gasteiger partial charge in [-0.15, -0.1) is 0 Å². The summed E-state index contributed by atoms with van der Waals surface area (Å²) >= 11 is 1.52. The Balaban J connectivity index is 1.85. The average Bonchev–Trinajstić information content (AvgIpc) is 2.90. The van der Waals surface area contributed by atoms with Gasteiger partial charge in [0.2, 0.25) is 5.13 Å². The highest BCUT2D eigenvalue weighted by atomic mass is 32.1. The molecule has 1 heterocycles. The monoisotopic (exact) mass is 211 g/mol. The molecule has 0 spiro atoms. The highest BCUT2D eigenvalue weighted by Crippen LogP contribution is 2.32. The minimum atomic E-state index is 0.937. The Bertz CT molecular complexity index is 293. The van der Waals surface area contributed by atoms with Crippen LogP contribution >= 0.6 is 11.5 Å². The van der Waals surface area contributed by atoms with Crippen LogP contribution in [-0.4, -0.2) is 22.9 Å². The van der Waals surface area contributed by atoms with Crippen molar-refractivity contribution >= 4 is 16.7 Å². The van der Waals surface area contributed by atoms with Gasteiger partial charge in [-0.2, -0.15) is 4.37 Å². The van der Waals surface area contributed by atoms with Crippen LogP contribution in [0.15, 0.2) is 0 Å². The van der Waals surface area contributed by atoms with Gasteiger partial charge in [-0.3, -0.25) is 0 Å². The lowest BCUT2D eigenvalue weighted by molar-refractivity contribution is 0.709. The summed E-state index contributed by atoms with van der Waals surface area (Å²) in [5, 5.41) is 1.07. The first-order valence-electron chi connectivity index (χ1n) is 5.33. The molecule has 4 heteroatoms. The van der Waals surface area contributed by atoms with Crippen LogP contribution in [0.25, 0.3) is 0 Å². The van der Waals surface area contributed by atoms with E-state index in [1.54, 1.807) is 0 Å². The van der Waals surface area contributed by atoms with Crippen LogP contribution in [-0.2, 0) is 6.42 Å². The third-order valence-corrected chi connectivity index (χ3v) is 3.54. The van der Waals surface area contributed by atoms with E-state index >= 15 is 0 Å². The molecule has 1 aliphatic carbocycles. The van der Waals surface area contributed by atoms with Crippen molar-refractivity contribution in [3.63, 3.8) is 0 Å². The van der Waals surface area contributed by atoms with Crippen molar-refractivity contribution in [3.8, 4) is 0 Å². The van der Waals surface area contributed by atoms with Crippen LogP contribution in [0.4, 0.5) is 5.13 Å². The molecule has 0 bridgehead atoms. The van der Waals surface area contributed by atoms with Crippen molar-refractivity contribution in [1.29, 1.82) is 0 Å². The van der Waals surface area contributed by atoms with Gasteiger partial charge in [-0.25, -0.2) is 4.98 Å². The van der Waals surface area contributed by atoms with Gasteiger partial charge in [-0.05, 0) is 12.3 Å². The molecule has 0 amide bonds. The van der Waals surface area contributed by atoms with Gasteiger partial charge in [0, 0.05) is 31.5 Å². The van der Waals surface area contributed by atoms with Crippen molar-refractivity contribution < 1.29 is 0 Å². The van der Waals surface area contributed by atoms with Gasteiger partial charge >= 0.3 is 0 Å². The maximum Gasteiger partial charge on any atom is 0.204 e. The molecule has 14 heavy (non-hydrogen) atoms. The van der Waals surface area contributed by atoms with Crippen LogP contribution in [0, 0.1) is 5.92 Å². The Morgan fingerprint density at radius 2 is 2.29 bits per heavy atom. The smallest absolute Gasteiger partial charge is 0.204 e. The largest absolute Gasteiger partial charge is 0.350 e. The van der Waals surface area contributed by atoms with E-state index in [0.29, 0.717) is 0 Å². The van der Waals surface area contributed by atoms with E-state index in [9.17, 15) is 0 Å². The summed E-state index contributed by atoms with van der Waals surface area (Å²) < 4.78 is 4.29. The molecule has 1 aromatic rings. The van der Waals surface area contributed by atoms with E-state index in [1.165, 1.54) is 30.8 Å². The molecule has 0 aromatic carbocycles. The first-order valence-corrected chi connectivity index (χ1v) is 6.10. The van der Waals surface area contributed by atoms with E-state index in [-0.39, 0.29) is 0 Å². The quantitative estimate of drug-likeness (QED) is 0.748. The van der Waals surface area contributed by atoms with Gasteiger partial charge in [-0.1, -0.05) is 19.8 Å².